The molecule has 7 nitrogen and oxygen atoms in total. The molecule has 1 fully saturated rings. The Morgan fingerprint density at radius 2 is 2.08 bits per heavy atom. The summed E-state index contributed by atoms with van der Waals surface area (Å²) < 4.78 is 48.7. The van der Waals surface area contributed by atoms with Crippen molar-refractivity contribution < 1.29 is 27.4 Å². The molecule has 1 aliphatic heterocycles. The average molecular weight is 368 g/mol. The first-order valence-corrected chi connectivity index (χ1v) is 7.76. The Bertz CT molecular complexity index is 741. The average Bonchev–Trinajstić information content (AvgIpc) is 2.87. The molecule has 1 aliphatic rings. The summed E-state index contributed by atoms with van der Waals surface area (Å²) in [6.07, 6.45) is -0.0813. The van der Waals surface area contributed by atoms with Crippen molar-refractivity contribution in [3.8, 4) is 5.88 Å². The fourth-order valence-corrected chi connectivity index (χ4v) is 2.40. The molecule has 2 aromatic rings. The quantitative estimate of drug-likeness (QED) is 0.822. The van der Waals surface area contributed by atoms with Gasteiger partial charge in [-0.05, 0) is 6.07 Å². The van der Waals surface area contributed by atoms with E-state index in [0.29, 0.717) is 19.3 Å². The number of hydrogen-bond acceptors (Lipinski definition) is 6. The Kier molecular flexibility index (Phi) is 5.31. The Morgan fingerprint density at radius 3 is 2.73 bits per heavy atom. The second-order valence-electron chi connectivity index (χ2n) is 5.54. The summed E-state index contributed by atoms with van der Waals surface area (Å²) >= 11 is 0. The maximum atomic E-state index is 12.6. The monoisotopic (exact) mass is 368 g/mol. The Labute approximate surface area is 146 Å². The van der Waals surface area contributed by atoms with Crippen LogP contribution in [0.5, 0.6) is 5.88 Å². The van der Waals surface area contributed by atoms with E-state index in [2.05, 4.69) is 15.0 Å². The normalized spacial score (nSPS) is 18.3. The van der Waals surface area contributed by atoms with Crippen LogP contribution in [-0.4, -0.2) is 58.2 Å². The zero-order chi connectivity index (χ0) is 18.6. The Morgan fingerprint density at radius 1 is 1.23 bits per heavy atom. The summed E-state index contributed by atoms with van der Waals surface area (Å²) in [5, 5.41) is 0. The number of rotatable bonds is 3. The lowest BCUT2D eigenvalue weighted by atomic mass is 10.3. The Balaban J connectivity index is 1.67. The number of carbonyl (C=O) groups is 1. The van der Waals surface area contributed by atoms with Crippen molar-refractivity contribution in [2.24, 2.45) is 0 Å². The summed E-state index contributed by atoms with van der Waals surface area (Å²) in [5.74, 6) is -0.294. The van der Waals surface area contributed by atoms with Gasteiger partial charge in [0.25, 0.3) is 5.91 Å². The van der Waals surface area contributed by atoms with E-state index in [1.807, 2.05) is 0 Å². The van der Waals surface area contributed by atoms with Crippen LogP contribution in [-0.2, 0) is 10.9 Å². The minimum absolute atomic E-state index is 0.0281. The molecule has 3 rings (SSSR count). The van der Waals surface area contributed by atoms with Crippen LogP contribution in [0.25, 0.3) is 0 Å². The van der Waals surface area contributed by atoms with E-state index in [0.717, 1.165) is 12.1 Å². The third kappa shape index (κ3) is 4.45. The van der Waals surface area contributed by atoms with Gasteiger partial charge in [-0.1, -0.05) is 0 Å². The first-order valence-electron chi connectivity index (χ1n) is 7.76. The first kappa shape index (κ1) is 18.1. The van der Waals surface area contributed by atoms with E-state index < -0.39 is 17.8 Å². The third-order valence-corrected chi connectivity index (χ3v) is 3.65. The second kappa shape index (κ2) is 7.65. The SMILES string of the molecule is O=C(c1cnccn1)N1CCOC[C@H](Oc2ccc(C(F)(F)F)cn2)C1. The van der Waals surface area contributed by atoms with Crippen LogP contribution in [0.1, 0.15) is 16.1 Å². The summed E-state index contributed by atoms with van der Waals surface area (Å²) in [6.45, 7) is 1.03. The molecular weight excluding hydrogens is 353 g/mol. The molecule has 1 saturated heterocycles. The molecule has 0 unspecified atom stereocenters. The lowest BCUT2D eigenvalue weighted by Crippen LogP contribution is -2.40. The van der Waals surface area contributed by atoms with Crippen molar-refractivity contribution in [3.05, 3.63) is 48.2 Å². The highest BCUT2D eigenvalue weighted by Crippen LogP contribution is 2.29. The number of halogens is 3. The predicted molar refractivity (Wildman–Crippen MR) is 82.4 cm³/mol. The predicted octanol–water partition coefficient (Wildman–Crippen LogP) is 1.81. The lowest BCUT2D eigenvalue weighted by molar-refractivity contribution is -0.137. The molecule has 1 amide bonds. The van der Waals surface area contributed by atoms with Gasteiger partial charge >= 0.3 is 6.18 Å². The minimum Gasteiger partial charge on any atom is -0.470 e. The molecule has 0 N–H and O–H groups in total. The highest BCUT2D eigenvalue weighted by atomic mass is 19.4. The molecule has 0 spiro atoms. The van der Waals surface area contributed by atoms with Crippen LogP contribution in [0.2, 0.25) is 0 Å². The largest absolute Gasteiger partial charge is 0.470 e. The van der Waals surface area contributed by atoms with Crippen LogP contribution in [0, 0.1) is 0 Å². The maximum absolute atomic E-state index is 12.6. The zero-order valence-electron chi connectivity index (χ0n) is 13.5. The van der Waals surface area contributed by atoms with E-state index in [1.54, 1.807) is 0 Å². The molecule has 0 aliphatic carbocycles. The van der Waals surface area contributed by atoms with E-state index in [9.17, 15) is 18.0 Å². The van der Waals surface area contributed by atoms with Crippen molar-refractivity contribution in [2.75, 3.05) is 26.3 Å². The topological polar surface area (TPSA) is 77.4 Å². The van der Waals surface area contributed by atoms with Gasteiger partial charge < -0.3 is 14.4 Å². The fraction of sp³-hybridized carbons (Fsp3) is 0.375. The van der Waals surface area contributed by atoms with Gasteiger partial charge in [-0.2, -0.15) is 13.2 Å². The van der Waals surface area contributed by atoms with Crippen molar-refractivity contribution in [3.63, 3.8) is 0 Å². The smallest absolute Gasteiger partial charge is 0.417 e. The standard InChI is InChI=1S/C16H15F3N4O3/c17-16(18,19)11-1-2-14(22-7-11)26-12-9-23(5-6-25-10-12)15(24)13-8-20-3-4-21-13/h1-4,7-8,12H,5-6,9-10H2/t12-/m1/s1. The number of ether oxygens (including phenoxy) is 2. The number of nitrogens with zero attached hydrogens (tertiary/aromatic N) is 4. The minimum atomic E-state index is -4.46. The van der Waals surface area contributed by atoms with Crippen molar-refractivity contribution >= 4 is 5.91 Å². The van der Waals surface area contributed by atoms with Crippen LogP contribution >= 0.6 is 0 Å². The second-order valence-corrected chi connectivity index (χ2v) is 5.54. The van der Waals surface area contributed by atoms with Gasteiger partial charge in [0.15, 0.2) is 0 Å². The van der Waals surface area contributed by atoms with Gasteiger partial charge in [0, 0.05) is 31.2 Å². The molecule has 3 heterocycles. The van der Waals surface area contributed by atoms with E-state index in [1.165, 1.54) is 23.5 Å². The molecule has 0 radical (unpaired) electrons. The number of carbonyl (C=O) groups excluding carboxylic acids is 1. The zero-order valence-corrected chi connectivity index (χ0v) is 13.5. The molecule has 10 heteroatoms. The molecule has 0 bridgehead atoms. The van der Waals surface area contributed by atoms with Crippen LogP contribution in [0.4, 0.5) is 13.2 Å². The highest BCUT2D eigenvalue weighted by molar-refractivity contribution is 5.92. The number of hydrogen-bond donors (Lipinski definition) is 0. The van der Waals surface area contributed by atoms with Crippen molar-refractivity contribution in [1.82, 2.24) is 19.9 Å². The van der Waals surface area contributed by atoms with Crippen molar-refractivity contribution in [2.45, 2.75) is 12.3 Å². The molecule has 2 aromatic heterocycles. The summed E-state index contributed by atoms with van der Waals surface area (Å²) in [4.78, 5) is 25.5. The number of aromatic nitrogens is 3. The molecule has 138 valence electrons. The van der Waals surface area contributed by atoms with Gasteiger partial charge in [-0.3, -0.25) is 9.78 Å². The highest BCUT2D eigenvalue weighted by Gasteiger charge is 2.31. The summed E-state index contributed by atoms with van der Waals surface area (Å²) in [6, 6.07) is 2.03. The molecule has 1 atom stereocenters. The number of alkyl halides is 3. The first-order chi connectivity index (χ1) is 12.4. The van der Waals surface area contributed by atoms with E-state index in [-0.39, 0.29) is 30.6 Å². The van der Waals surface area contributed by atoms with E-state index in [4.69, 9.17) is 9.47 Å². The van der Waals surface area contributed by atoms with Gasteiger partial charge in [-0.25, -0.2) is 9.97 Å². The number of pyridine rings is 1. The van der Waals surface area contributed by atoms with Gasteiger partial charge in [0.1, 0.15) is 11.8 Å². The molecule has 26 heavy (non-hydrogen) atoms. The maximum Gasteiger partial charge on any atom is 0.417 e. The summed E-state index contributed by atoms with van der Waals surface area (Å²) in [7, 11) is 0. The van der Waals surface area contributed by atoms with Crippen LogP contribution in [0.3, 0.4) is 0 Å². The molecule has 0 aromatic carbocycles. The Hall–Kier alpha value is -2.75. The fourth-order valence-electron chi connectivity index (χ4n) is 2.40. The van der Waals surface area contributed by atoms with Crippen molar-refractivity contribution in [1.29, 1.82) is 0 Å². The van der Waals surface area contributed by atoms with Gasteiger partial charge in [0.2, 0.25) is 5.88 Å². The lowest BCUT2D eigenvalue weighted by Gasteiger charge is -2.23. The van der Waals surface area contributed by atoms with Crippen LogP contribution < -0.4 is 4.74 Å². The van der Waals surface area contributed by atoms with Gasteiger partial charge in [-0.15, -0.1) is 0 Å². The third-order valence-electron chi connectivity index (χ3n) is 3.65. The van der Waals surface area contributed by atoms with Gasteiger partial charge in [0.05, 0.1) is 31.5 Å². The molecule has 0 saturated carbocycles. The molecular formula is C16H15F3N4O3. The summed E-state index contributed by atoms with van der Waals surface area (Å²) in [5.41, 5.74) is -0.665. The van der Waals surface area contributed by atoms with E-state index >= 15 is 0 Å². The van der Waals surface area contributed by atoms with Crippen LogP contribution in [0.15, 0.2) is 36.9 Å². The number of amides is 1.